The summed E-state index contributed by atoms with van der Waals surface area (Å²) >= 11 is 0. The highest BCUT2D eigenvalue weighted by molar-refractivity contribution is 6.05. The van der Waals surface area contributed by atoms with Crippen molar-refractivity contribution in [2.45, 2.75) is 12.8 Å². The van der Waals surface area contributed by atoms with Gasteiger partial charge in [0.2, 0.25) is 0 Å². The van der Waals surface area contributed by atoms with E-state index in [0.717, 1.165) is 36.4 Å². The number of alkyl halides is 5. The molecule has 0 spiro atoms. The standard InChI is InChI=1S/C20H15F5N2O6/c21-19(22)33-14-7-3-12(4-8-14)18(31)27-15(28)10-32-16(29)9-26-17(30)11-1-5-13(6-2-11)20(23,24)25/h1-8,19H,9-10H2,(H,26,30)(H,27,28,31). The maximum Gasteiger partial charge on any atom is 0.416 e. The number of hydrogen-bond donors (Lipinski definition) is 2. The van der Waals surface area contributed by atoms with Crippen molar-refractivity contribution in [2.75, 3.05) is 13.2 Å². The van der Waals surface area contributed by atoms with Gasteiger partial charge in [0.05, 0.1) is 5.56 Å². The maximum absolute atomic E-state index is 12.5. The molecule has 176 valence electrons. The van der Waals surface area contributed by atoms with E-state index in [2.05, 4.69) is 14.8 Å². The van der Waals surface area contributed by atoms with E-state index < -0.39 is 55.2 Å². The lowest BCUT2D eigenvalue weighted by atomic mass is 10.1. The van der Waals surface area contributed by atoms with Crippen molar-refractivity contribution in [2.24, 2.45) is 0 Å². The van der Waals surface area contributed by atoms with Gasteiger partial charge >= 0.3 is 18.8 Å². The summed E-state index contributed by atoms with van der Waals surface area (Å²) in [4.78, 5) is 47.1. The molecule has 0 fully saturated rings. The Morgan fingerprint density at radius 1 is 0.848 bits per heavy atom. The fraction of sp³-hybridized carbons (Fsp3) is 0.200. The Labute approximate surface area is 182 Å². The van der Waals surface area contributed by atoms with Gasteiger partial charge in [-0.1, -0.05) is 0 Å². The number of halogens is 5. The van der Waals surface area contributed by atoms with Crippen molar-refractivity contribution in [1.29, 1.82) is 0 Å². The lowest BCUT2D eigenvalue weighted by Gasteiger charge is -2.09. The molecule has 0 aromatic heterocycles. The molecule has 2 rings (SSSR count). The fourth-order valence-corrected chi connectivity index (χ4v) is 2.28. The van der Waals surface area contributed by atoms with E-state index >= 15 is 0 Å². The van der Waals surface area contributed by atoms with Crippen molar-refractivity contribution in [3.63, 3.8) is 0 Å². The molecule has 0 radical (unpaired) electrons. The number of ether oxygens (including phenoxy) is 2. The molecule has 8 nitrogen and oxygen atoms in total. The molecule has 0 atom stereocenters. The Morgan fingerprint density at radius 3 is 1.94 bits per heavy atom. The first-order chi connectivity index (χ1) is 15.5. The Balaban J connectivity index is 1.74. The van der Waals surface area contributed by atoms with Crippen LogP contribution in [0.1, 0.15) is 26.3 Å². The number of carbonyl (C=O) groups excluding carboxylic acids is 4. The summed E-state index contributed by atoms with van der Waals surface area (Å²) in [6, 6.07) is 7.69. The van der Waals surface area contributed by atoms with E-state index in [1.807, 2.05) is 5.32 Å². The second-order valence-electron chi connectivity index (χ2n) is 6.20. The zero-order valence-electron chi connectivity index (χ0n) is 16.4. The zero-order valence-corrected chi connectivity index (χ0v) is 16.4. The molecule has 0 aliphatic rings. The van der Waals surface area contributed by atoms with Crippen molar-refractivity contribution in [3.05, 3.63) is 65.2 Å². The summed E-state index contributed by atoms with van der Waals surface area (Å²) < 4.78 is 70.4. The first kappa shape index (κ1) is 25.2. The molecular formula is C20H15F5N2O6. The van der Waals surface area contributed by atoms with Gasteiger partial charge in [0.15, 0.2) is 6.61 Å². The topological polar surface area (TPSA) is 111 Å². The van der Waals surface area contributed by atoms with Gasteiger partial charge in [0, 0.05) is 11.1 Å². The Morgan fingerprint density at radius 2 is 1.39 bits per heavy atom. The van der Waals surface area contributed by atoms with Crippen LogP contribution >= 0.6 is 0 Å². The van der Waals surface area contributed by atoms with Crippen LogP contribution in [0.15, 0.2) is 48.5 Å². The normalized spacial score (nSPS) is 11.0. The predicted octanol–water partition coefficient (Wildman–Crippen LogP) is 2.54. The number of imide groups is 1. The predicted molar refractivity (Wildman–Crippen MR) is 100 cm³/mol. The summed E-state index contributed by atoms with van der Waals surface area (Å²) in [5, 5.41) is 4.00. The van der Waals surface area contributed by atoms with Crippen LogP contribution in [0, 0.1) is 0 Å². The first-order valence-electron chi connectivity index (χ1n) is 8.96. The smallest absolute Gasteiger partial charge is 0.416 e. The Hall–Kier alpha value is -4.03. The summed E-state index contributed by atoms with van der Waals surface area (Å²) in [6.07, 6.45) is -4.56. The molecular weight excluding hydrogens is 459 g/mol. The van der Waals surface area contributed by atoms with E-state index in [0.29, 0.717) is 12.1 Å². The fourth-order valence-electron chi connectivity index (χ4n) is 2.28. The van der Waals surface area contributed by atoms with Crippen molar-refractivity contribution in [3.8, 4) is 5.75 Å². The third kappa shape index (κ3) is 8.20. The van der Waals surface area contributed by atoms with E-state index in [1.165, 1.54) is 0 Å². The highest BCUT2D eigenvalue weighted by Gasteiger charge is 2.30. The number of nitrogens with one attached hydrogen (secondary N) is 2. The second kappa shape index (κ2) is 11.0. The highest BCUT2D eigenvalue weighted by Crippen LogP contribution is 2.29. The number of benzene rings is 2. The number of hydrogen-bond acceptors (Lipinski definition) is 6. The van der Waals surface area contributed by atoms with Crippen molar-refractivity contribution in [1.82, 2.24) is 10.6 Å². The van der Waals surface area contributed by atoms with E-state index in [-0.39, 0.29) is 16.9 Å². The number of rotatable bonds is 8. The minimum absolute atomic E-state index is 0.0555. The summed E-state index contributed by atoms with van der Waals surface area (Å²) in [5.74, 6) is -3.99. The third-order valence-electron chi connectivity index (χ3n) is 3.83. The van der Waals surface area contributed by atoms with Gasteiger partial charge in [-0.2, -0.15) is 22.0 Å². The molecule has 33 heavy (non-hydrogen) atoms. The maximum atomic E-state index is 12.5. The van der Waals surface area contributed by atoms with Crippen LogP contribution < -0.4 is 15.4 Å². The van der Waals surface area contributed by atoms with Gasteiger partial charge in [-0.3, -0.25) is 24.5 Å². The Kier molecular flexibility index (Phi) is 8.42. The molecule has 0 saturated heterocycles. The van der Waals surface area contributed by atoms with Crippen LogP contribution in [0.2, 0.25) is 0 Å². The van der Waals surface area contributed by atoms with Gasteiger partial charge in [0.1, 0.15) is 12.3 Å². The van der Waals surface area contributed by atoms with Gasteiger partial charge in [-0.25, -0.2) is 0 Å². The van der Waals surface area contributed by atoms with E-state index in [1.54, 1.807) is 0 Å². The van der Waals surface area contributed by atoms with E-state index in [4.69, 9.17) is 0 Å². The lowest BCUT2D eigenvalue weighted by Crippen LogP contribution is -2.36. The Bertz CT molecular complexity index is 1010. The van der Waals surface area contributed by atoms with Crippen LogP contribution in [0.3, 0.4) is 0 Å². The molecule has 3 amide bonds. The molecule has 0 unspecified atom stereocenters. The van der Waals surface area contributed by atoms with Gasteiger partial charge in [0.25, 0.3) is 17.7 Å². The summed E-state index contributed by atoms with van der Waals surface area (Å²) in [7, 11) is 0. The molecule has 13 heteroatoms. The van der Waals surface area contributed by atoms with Crippen LogP contribution in [0.4, 0.5) is 22.0 Å². The van der Waals surface area contributed by atoms with Crippen LogP contribution in [-0.2, 0) is 20.5 Å². The zero-order chi connectivity index (χ0) is 24.6. The average molecular weight is 474 g/mol. The SMILES string of the molecule is O=C(COC(=O)CNC(=O)c1ccc(C(F)(F)F)cc1)NC(=O)c1ccc(OC(F)F)cc1. The number of amides is 3. The van der Waals surface area contributed by atoms with Crippen LogP contribution in [-0.4, -0.2) is 43.5 Å². The molecule has 0 heterocycles. The quantitative estimate of drug-likeness (QED) is 0.450. The molecule has 2 N–H and O–H groups in total. The molecule has 0 aliphatic heterocycles. The molecule has 2 aromatic carbocycles. The minimum Gasteiger partial charge on any atom is -0.454 e. The van der Waals surface area contributed by atoms with Crippen molar-refractivity contribution < 1.29 is 50.6 Å². The molecule has 0 saturated carbocycles. The highest BCUT2D eigenvalue weighted by atomic mass is 19.4. The lowest BCUT2D eigenvalue weighted by molar-refractivity contribution is -0.147. The summed E-state index contributed by atoms with van der Waals surface area (Å²) in [6.45, 7) is -4.60. The average Bonchev–Trinajstić information content (AvgIpc) is 2.75. The third-order valence-corrected chi connectivity index (χ3v) is 3.83. The van der Waals surface area contributed by atoms with E-state index in [9.17, 15) is 41.1 Å². The second-order valence-corrected chi connectivity index (χ2v) is 6.20. The van der Waals surface area contributed by atoms with Crippen LogP contribution in [0.5, 0.6) is 5.75 Å². The van der Waals surface area contributed by atoms with Gasteiger partial charge < -0.3 is 14.8 Å². The molecule has 0 bridgehead atoms. The van der Waals surface area contributed by atoms with Gasteiger partial charge in [-0.15, -0.1) is 0 Å². The number of carbonyl (C=O) groups is 4. The monoisotopic (exact) mass is 474 g/mol. The first-order valence-corrected chi connectivity index (χ1v) is 8.96. The van der Waals surface area contributed by atoms with Crippen molar-refractivity contribution >= 4 is 23.7 Å². The summed E-state index contributed by atoms with van der Waals surface area (Å²) in [5.41, 5.74) is -1.14. The molecule has 2 aromatic rings. The molecule has 0 aliphatic carbocycles. The largest absolute Gasteiger partial charge is 0.454 e. The minimum atomic E-state index is -4.56. The number of esters is 1. The van der Waals surface area contributed by atoms with Gasteiger partial charge in [-0.05, 0) is 48.5 Å². The van der Waals surface area contributed by atoms with Crippen LogP contribution in [0.25, 0.3) is 0 Å².